The van der Waals surface area contributed by atoms with Crippen molar-refractivity contribution in [3.8, 4) is 5.75 Å². The summed E-state index contributed by atoms with van der Waals surface area (Å²) >= 11 is 0. The third-order valence-corrected chi connectivity index (χ3v) is 3.97. The summed E-state index contributed by atoms with van der Waals surface area (Å²) < 4.78 is 5.61. The van der Waals surface area contributed by atoms with Crippen LogP contribution in [0.15, 0.2) is 54.6 Å². The zero-order chi connectivity index (χ0) is 18.1. The number of hydrogen-bond acceptors (Lipinski definition) is 3. The Morgan fingerprint density at radius 1 is 0.960 bits per heavy atom. The van der Waals surface area contributed by atoms with Gasteiger partial charge < -0.3 is 4.74 Å². The minimum atomic E-state index is -0.402. The van der Waals surface area contributed by atoms with Gasteiger partial charge in [0, 0.05) is 0 Å². The van der Waals surface area contributed by atoms with Gasteiger partial charge in [0.25, 0.3) is 5.91 Å². The molecule has 1 unspecified atom stereocenters. The van der Waals surface area contributed by atoms with Crippen molar-refractivity contribution in [3.63, 3.8) is 0 Å². The van der Waals surface area contributed by atoms with Crippen molar-refractivity contribution in [3.05, 3.63) is 65.7 Å². The molecule has 0 radical (unpaired) electrons. The summed E-state index contributed by atoms with van der Waals surface area (Å²) in [6.45, 7) is 4.07. The van der Waals surface area contributed by atoms with Crippen LogP contribution in [0.2, 0.25) is 0 Å². The first-order chi connectivity index (χ1) is 12.1. The average molecular weight is 340 g/mol. The van der Waals surface area contributed by atoms with E-state index in [0.717, 1.165) is 17.5 Å². The molecule has 0 bridgehead atoms. The van der Waals surface area contributed by atoms with E-state index >= 15 is 0 Å². The second kappa shape index (κ2) is 9.47. The first kappa shape index (κ1) is 18.5. The van der Waals surface area contributed by atoms with Crippen LogP contribution in [0.4, 0.5) is 0 Å². The second-order valence-electron chi connectivity index (χ2n) is 5.89. The van der Waals surface area contributed by atoms with Gasteiger partial charge in [-0.1, -0.05) is 62.4 Å². The van der Waals surface area contributed by atoms with Crippen LogP contribution in [-0.4, -0.2) is 18.4 Å². The number of hydrazine groups is 1. The van der Waals surface area contributed by atoms with Crippen LogP contribution in [0.5, 0.6) is 5.75 Å². The molecule has 0 saturated heterocycles. The Hall–Kier alpha value is -2.82. The number of benzene rings is 2. The third kappa shape index (κ3) is 5.95. The van der Waals surface area contributed by atoms with E-state index in [1.807, 2.05) is 54.6 Å². The monoisotopic (exact) mass is 340 g/mol. The number of carbonyl (C=O) groups excluding carboxylic acids is 2. The lowest BCUT2D eigenvalue weighted by Crippen LogP contribution is -2.44. The van der Waals surface area contributed by atoms with Crippen LogP contribution in [0, 0.1) is 0 Å². The Bertz CT molecular complexity index is 701. The molecule has 2 amide bonds. The van der Waals surface area contributed by atoms with Crippen molar-refractivity contribution in [2.75, 3.05) is 6.61 Å². The molecule has 0 aliphatic carbocycles. The molecule has 2 rings (SSSR count). The fourth-order valence-electron chi connectivity index (χ4n) is 2.38. The Morgan fingerprint density at radius 2 is 1.60 bits per heavy atom. The van der Waals surface area contributed by atoms with E-state index in [0.29, 0.717) is 11.7 Å². The molecule has 0 spiro atoms. The van der Waals surface area contributed by atoms with Gasteiger partial charge >= 0.3 is 0 Å². The third-order valence-electron chi connectivity index (χ3n) is 3.97. The van der Waals surface area contributed by atoms with E-state index in [9.17, 15) is 9.59 Å². The van der Waals surface area contributed by atoms with Gasteiger partial charge in [-0.25, -0.2) is 0 Å². The van der Waals surface area contributed by atoms with Gasteiger partial charge in [0.2, 0.25) is 5.91 Å². The van der Waals surface area contributed by atoms with Gasteiger partial charge in [0.1, 0.15) is 5.75 Å². The molecule has 0 fully saturated rings. The molecule has 0 heterocycles. The van der Waals surface area contributed by atoms with Crippen molar-refractivity contribution in [2.24, 2.45) is 0 Å². The molecule has 2 aromatic rings. The molecule has 2 aromatic carbocycles. The standard InChI is InChI=1S/C20H24N2O3/c1-3-15(2)17-11-7-8-12-18(17)25-14-20(24)22-21-19(23)13-16-9-5-4-6-10-16/h4-12,15H,3,13-14H2,1-2H3,(H,21,23)(H,22,24). The quantitative estimate of drug-likeness (QED) is 0.762. The molecule has 132 valence electrons. The molecule has 0 aromatic heterocycles. The average Bonchev–Trinajstić information content (AvgIpc) is 2.65. The van der Waals surface area contributed by atoms with Crippen molar-refractivity contribution in [1.82, 2.24) is 10.9 Å². The predicted octanol–water partition coefficient (Wildman–Crippen LogP) is 2.97. The van der Waals surface area contributed by atoms with Crippen molar-refractivity contribution < 1.29 is 14.3 Å². The van der Waals surface area contributed by atoms with Gasteiger partial charge in [0.15, 0.2) is 6.61 Å². The van der Waals surface area contributed by atoms with E-state index in [-0.39, 0.29) is 18.9 Å². The van der Waals surface area contributed by atoms with E-state index in [1.165, 1.54) is 0 Å². The summed E-state index contributed by atoms with van der Waals surface area (Å²) in [7, 11) is 0. The largest absolute Gasteiger partial charge is 0.483 e. The molecular formula is C20H24N2O3. The van der Waals surface area contributed by atoms with E-state index in [4.69, 9.17) is 4.74 Å². The van der Waals surface area contributed by atoms with Gasteiger partial charge in [-0.15, -0.1) is 0 Å². The highest BCUT2D eigenvalue weighted by Gasteiger charge is 2.11. The number of amides is 2. The number of nitrogens with one attached hydrogen (secondary N) is 2. The Labute approximate surface area is 148 Å². The lowest BCUT2D eigenvalue weighted by molar-refractivity contribution is -0.129. The molecule has 0 aliphatic rings. The summed E-state index contributed by atoms with van der Waals surface area (Å²) in [5.41, 5.74) is 6.73. The van der Waals surface area contributed by atoms with Crippen LogP contribution >= 0.6 is 0 Å². The van der Waals surface area contributed by atoms with Crippen LogP contribution < -0.4 is 15.6 Å². The van der Waals surface area contributed by atoms with E-state index < -0.39 is 5.91 Å². The number of carbonyl (C=O) groups is 2. The highest BCUT2D eigenvalue weighted by Crippen LogP contribution is 2.28. The fourth-order valence-corrected chi connectivity index (χ4v) is 2.38. The fraction of sp³-hybridized carbons (Fsp3) is 0.300. The summed E-state index contributed by atoms with van der Waals surface area (Å²) in [5.74, 6) is 0.368. The lowest BCUT2D eigenvalue weighted by atomic mass is 9.98. The minimum absolute atomic E-state index is 0.154. The Balaban J connectivity index is 1.78. The summed E-state index contributed by atoms with van der Waals surface area (Å²) in [6, 6.07) is 17.0. The maximum atomic E-state index is 11.9. The minimum Gasteiger partial charge on any atom is -0.483 e. The second-order valence-corrected chi connectivity index (χ2v) is 5.89. The van der Waals surface area contributed by atoms with Gasteiger partial charge in [-0.3, -0.25) is 20.4 Å². The lowest BCUT2D eigenvalue weighted by Gasteiger charge is -2.15. The SMILES string of the molecule is CCC(C)c1ccccc1OCC(=O)NNC(=O)Cc1ccccc1. The van der Waals surface area contributed by atoms with Crippen LogP contribution in [-0.2, 0) is 16.0 Å². The van der Waals surface area contributed by atoms with Crippen LogP contribution in [0.1, 0.15) is 37.3 Å². The molecule has 0 saturated carbocycles. The first-order valence-electron chi connectivity index (χ1n) is 8.43. The number of para-hydroxylation sites is 1. The topological polar surface area (TPSA) is 67.4 Å². The molecule has 25 heavy (non-hydrogen) atoms. The smallest absolute Gasteiger partial charge is 0.276 e. The maximum Gasteiger partial charge on any atom is 0.276 e. The highest BCUT2D eigenvalue weighted by atomic mass is 16.5. The predicted molar refractivity (Wildman–Crippen MR) is 97.1 cm³/mol. The van der Waals surface area contributed by atoms with E-state index in [1.54, 1.807) is 0 Å². The first-order valence-corrected chi connectivity index (χ1v) is 8.43. The normalized spacial score (nSPS) is 11.4. The zero-order valence-corrected chi connectivity index (χ0v) is 14.6. The molecular weight excluding hydrogens is 316 g/mol. The number of hydrogen-bond donors (Lipinski definition) is 2. The molecule has 1 atom stereocenters. The van der Waals surface area contributed by atoms with Crippen molar-refractivity contribution in [1.29, 1.82) is 0 Å². The molecule has 0 aliphatic heterocycles. The Kier molecular flexibility index (Phi) is 7.01. The number of ether oxygens (including phenoxy) is 1. The summed E-state index contributed by atoms with van der Waals surface area (Å²) in [6.07, 6.45) is 1.20. The van der Waals surface area contributed by atoms with Crippen LogP contribution in [0.3, 0.4) is 0 Å². The number of rotatable bonds is 7. The molecule has 2 N–H and O–H groups in total. The van der Waals surface area contributed by atoms with Crippen molar-refractivity contribution >= 4 is 11.8 Å². The maximum absolute atomic E-state index is 11.9. The van der Waals surface area contributed by atoms with E-state index in [2.05, 4.69) is 24.7 Å². The van der Waals surface area contributed by atoms with Crippen molar-refractivity contribution in [2.45, 2.75) is 32.6 Å². The summed E-state index contributed by atoms with van der Waals surface area (Å²) in [4.78, 5) is 23.7. The van der Waals surface area contributed by atoms with Crippen LogP contribution in [0.25, 0.3) is 0 Å². The molecule has 5 nitrogen and oxygen atoms in total. The van der Waals surface area contributed by atoms with Gasteiger partial charge in [-0.05, 0) is 29.5 Å². The molecule has 5 heteroatoms. The zero-order valence-electron chi connectivity index (χ0n) is 14.6. The van der Waals surface area contributed by atoms with Gasteiger partial charge in [0.05, 0.1) is 6.42 Å². The Morgan fingerprint density at radius 3 is 2.32 bits per heavy atom. The van der Waals surface area contributed by atoms with Gasteiger partial charge in [-0.2, -0.15) is 0 Å². The summed E-state index contributed by atoms with van der Waals surface area (Å²) in [5, 5.41) is 0. The highest BCUT2D eigenvalue weighted by molar-refractivity contribution is 5.83.